The molecule has 2 aromatic heterocycles. The molecule has 0 unspecified atom stereocenters. The average Bonchev–Trinajstić information content (AvgIpc) is 3.40. The van der Waals surface area contributed by atoms with Crippen molar-refractivity contribution in [2.75, 3.05) is 11.9 Å². The molecule has 0 bridgehead atoms. The third kappa shape index (κ3) is 4.52. The van der Waals surface area contributed by atoms with E-state index in [1.165, 1.54) is 0 Å². The topological polar surface area (TPSA) is 110 Å². The molecule has 4 rings (SSSR count). The predicted molar refractivity (Wildman–Crippen MR) is 121 cm³/mol. The van der Waals surface area contributed by atoms with Gasteiger partial charge in [-0.05, 0) is 26.0 Å². The number of esters is 1. The molecule has 0 aliphatic carbocycles. The standard InChI is InChI=1S/C25H20N4O4/c1-16-17(2)33-24(20(16)13-26)27-22(30)15-32-25(31)21-14-29(19-11-7-4-8-12-19)28-23(21)18-9-5-3-6-10-18/h3-12,14H,15H2,1-2H3,(H,27,30). The van der Waals surface area contributed by atoms with Crippen LogP contribution in [0, 0.1) is 25.2 Å². The minimum atomic E-state index is -0.696. The molecule has 2 heterocycles. The molecule has 0 radical (unpaired) electrons. The number of rotatable bonds is 6. The van der Waals surface area contributed by atoms with Crippen molar-refractivity contribution in [3.63, 3.8) is 0 Å². The molecule has 1 N–H and O–H groups in total. The van der Waals surface area contributed by atoms with Gasteiger partial charge in [0.25, 0.3) is 5.91 Å². The van der Waals surface area contributed by atoms with Crippen molar-refractivity contribution in [2.45, 2.75) is 13.8 Å². The Morgan fingerprint density at radius 1 is 1.09 bits per heavy atom. The van der Waals surface area contributed by atoms with E-state index in [0.717, 1.165) is 11.3 Å². The van der Waals surface area contributed by atoms with E-state index in [2.05, 4.69) is 10.4 Å². The first kappa shape index (κ1) is 21.6. The highest BCUT2D eigenvalue weighted by molar-refractivity contribution is 5.98. The van der Waals surface area contributed by atoms with Crippen LogP contribution in [-0.4, -0.2) is 28.3 Å². The summed E-state index contributed by atoms with van der Waals surface area (Å²) in [5, 5.41) is 16.3. The third-order valence-corrected chi connectivity index (χ3v) is 5.09. The van der Waals surface area contributed by atoms with E-state index in [1.807, 2.05) is 66.7 Å². The summed E-state index contributed by atoms with van der Waals surface area (Å²) in [6.07, 6.45) is 1.57. The fraction of sp³-hybridized carbons (Fsp3) is 0.120. The van der Waals surface area contributed by atoms with Crippen LogP contribution in [0.3, 0.4) is 0 Å². The summed E-state index contributed by atoms with van der Waals surface area (Å²) < 4.78 is 12.3. The summed E-state index contributed by atoms with van der Waals surface area (Å²) in [5.41, 5.74) is 3.06. The highest BCUT2D eigenvalue weighted by Gasteiger charge is 2.22. The number of carbonyl (C=O) groups excluding carboxylic acids is 2. The van der Waals surface area contributed by atoms with Crippen LogP contribution in [0.15, 0.2) is 71.3 Å². The van der Waals surface area contributed by atoms with Crippen LogP contribution in [-0.2, 0) is 9.53 Å². The Hall–Kier alpha value is -4.64. The Balaban J connectivity index is 1.54. The van der Waals surface area contributed by atoms with Crippen LogP contribution in [0.4, 0.5) is 5.88 Å². The van der Waals surface area contributed by atoms with Gasteiger partial charge < -0.3 is 9.15 Å². The van der Waals surface area contributed by atoms with Gasteiger partial charge in [-0.15, -0.1) is 0 Å². The molecule has 0 fully saturated rings. The highest BCUT2D eigenvalue weighted by atomic mass is 16.5. The van der Waals surface area contributed by atoms with E-state index < -0.39 is 18.5 Å². The molecule has 0 aliphatic rings. The first-order chi connectivity index (χ1) is 16.0. The predicted octanol–water partition coefficient (Wildman–Crippen LogP) is 4.42. The molecule has 0 saturated heterocycles. The van der Waals surface area contributed by atoms with Gasteiger partial charge >= 0.3 is 5.97 Å². The number of furan rings is 1. The van der Waals surface area contributed by atoms with Crippen LogP contribution in [0.25, 0.3) is 16.9 Å². The van der Waals surface area contributed by atoms with Crippen LogP contribution in [0.2, 0.25) is 0 Å². The van der Waals surface area contributed by atoms with Crippen molar-refractivity contribution in [1.82, 2.24) is 9.78 Å². The number of ether oxygens (including phenoxy) is 1. The highest BCUT2D eigenvalue weighted by Crippen LogP contribution is 2.26. The Morgan fingerprint density at radius 2 is 1.76 bits per heavy atom. The molecule has 0 atom stereocenters. The average molecular weight is 440 g/mol. The summed E-state index contributed by atoms with van der Waals surface area (Å²) >= 11 is 0. The lowest BCUT2D eigenvalue weighted by Gasteiger charge is -2.05. The molecular formula is C25H20N4O4. The van der Waals surface area contributed by atoms with Gasteiger partial charge in [-0.1, -0.05) is 48.5 Å². The second-order valence-electron chi connectivity index (χ2n) is 7.26. The SMILES string of the molecule is Cc1oc(NC(=O)COC(=O)c2cn(-c3ccccc3)nc2-c2ccccc2)c(C#N)c1C. The largest absolute Gasteiger partial charge is 0.452 e. The van der Waals surface area contributed by atoms with E-state index in [-0.39, 0.29) is 17.0 Å². The molecular weight excluding hydrogens is 420 g/mol. The fourth-order valence-electron chi connectivity index (χ4n) is 3.27. The maximum Gasteiger partial charge on any atom is 0.342 e. The summed E-state index contributed by atoms with van der Waals surface area (Å²) in [6, 6.07) is 20.6. The van der Waals surface area contributed by atoms with Gasteiger partial charge in [0.2, 0.25) is 5.88 Å². The number of hydrogen-bond acceptors (Lipinski definition) is 6. The maximum atomic E-state index is 12.9. The molecule has 0 saturated carbocycles. The Kier molecular flexibility index (Phi) is 6.04. The zero-order chi connectivity index (χ0) is 23.4. The van der Waals surface area contributed by atoms with Crippen LogP contribution in [0.1, 0.15) is 27.2 Å². The molecule has 8 heteroatoms. The Bertz CT molecular complexity index is 1350. The molecule has 8 nitrogen and oxygen atoms in total. The molecule has 33 heavy (non-hydrogen) atoms. The second-order valence-corrected chi connectivity index (χ2v) is 7.26. The number of benzene rings is 2. The van der Waals surface area contributed by atoms with Crippen molar-refractivity contribution in [3.8, 4) is 23.0 Å². The number of nitriles is 1. The number of aromatic nitrogens is 2. The molecule has 1 amide bonds. The third-order valence-electron chi connectivity index (χ3n) is 5.09. The summed E-state index contributed by atoms with van der Waals surface area (Å²) in [5.74, 6) is -0.751. The minimum Gasteiger partial charge on any atom is -0.452 e. The zero-order valence-electron chi connectivity index (χ0n) is 18.0. The lowest BCUT2D eigenvalue weighted by Crippen LogP contribution is -2.21. The molecule has 0 aliphatic heterocycles. The smallest absolute Gasteiger partial charge is 0.342 e. The number of nitrogens with one attached hydrogen (secondary N) is 1. The number of anilines is 1. The van der Waals surface area contributed by atoms with Gasteiger partial charge in [-0.3, -0.25) is 10.1 Å². The normalized spacial score (nSPS) is 10.5. The first-order valence-electron chi connectivity index (χ1n) is 10.2. The van der Waals surface area contributed by atoms with Crippen LogP contribution in [0.5, 0.6) is 0 Å². The fourth-order valence-corrected chi connectivity index (χ4v) is 3.27. The van der Waals surface area contributed by atoms with E-state index in [4.69, 9.17) is 9.15 Å². The van der Waals surface area contributed by atoms with Crippen molar-refractivity contribution in [3.05, 3.63) is 89.3 Å². The Morgan fingerprint density at radius 3 is 2.42 bits per heavy atom. The number of para-hydroxylation sites is 1. The molecule has 2 aromatic carbocycles. The summed E-state index contributed by atoms with van der Waals surface area (Å²) in [7, 11) is 0. The lowest BCUT2D eigenvalue weighted by atomic mass is 10.1. The van der Waals surface area contributed by atoms with Crippen molar-refractivity contribution < 1.29 is 18.7 Å². The van der Waals surface area contributed by atoms with Crippen LogP contribution < -0.4 is 5.32 Å². The van der Waals surface area contributed by atoms with Gasteiger partial charge in [0, 0.05) is 17.3 Å². The quantitative estimate of drug-likeness (QED) is 0.445. The number of hydrogen-bond donors (Lipinski definition) is 1. The van der Waals surface area contributed by atoms with Crippen LogP contribution >= 0.6 is 0 Å². The first-order valence-corrected chi connectivity index (χ1v) is 10.2. The van der Waals surface area contributed by atoms with Gasteiger partial charge in [0.05, 0.1) is 5.69 Å². The van der Waals surface area contributed by atoms with Gasteiger partial charge in [0.1, 0.15) is 28.7 Å². The summed E-state index contributed by atoms with van der Waals surface area (Å²) in [4.78, 5) is 25.2. The van der Waals surface area contributed by atoms with E-state index in [1.54, 1.807) is 24.7 Å². The summed E-state index contributed by atoms with van der Waals surface area (Å²) in [6.45, 7) is 2.87. The van der Waals surface area contributed by atoms with Gasteiger partial charge in [-0.2, -0.15) is 10.4 Å². The number of carbonyl (C=O) groups is 2. The van der Waals surface area contributed by atoms with E-state index in [0.29, 0.717) is 17.0 Å². The lowest BCUT2D eigenvalue weighted by molar-refractivity contribution is -0.119. The molecule has 4 aromatic rings. The minimum absolute atomic E-state index is 0.0374. The number of nitrogens with zero attached hydrogens (tertiary/aromatic N) is 3. The molecule has 164 valence electrons. The number of amides is 1. The van der Waals surface area contributed by atoms with Crippen molar-refractivity contribution >= 4 is 17.8 Å². The second kappa shape index (κ2) is 9.24. The molecule has 0 spiro atoms. The Labute approximate surface area is 190 Å². The van der Waals surface area contributed by atoms with Crippen molar-refractivity contribution in [1.29, 1.82) is 5.26 Å². The monoisotopic (exact) mass is 440 g/mol. The van der Waals surface area contributed by atoms with Gasteiger partial charge in [-0.25, -0.2) is 9.48 Å². The van der Waals surface area contributed by atoms with E-state index >= 15 is 0 Å². The zero-order valence-corrected chi connectivity index (χ0v) is 18.0. The number of aryl methyl sites for hydroxylation is 1. The van der Waals surface area contributed by atoms with E-state index in [9.17, 15) is 14.9 Å². The van der Waals surface area contributed by atoms with Crippen molar-refractivity contribution in [2.24, 2.45) is 0 Å². The van der Waals surface area contributed by atoms with Gasteiger partial charge in [0.15, 0.2) is 6.61 Å². The maximum absolute atomic E-state index is 12.9.